The normalized spacial score (nSPS) is 15.6. The maximum absolute atomic E-state index is 11.3. The summed E-state index contributed by atoms with van der Waals surface area (Å²) in [6.45, 7) is 5.36. The predicted octanol–water partition coefficient (Wildman–Crippen LogP) is -0.650. The number of carbonyl (C=O) groups excluding carboxylic acids is 1. The Bertz CT molecular complexity index is 417. The second-order valence-corrected chi connectivity index (χ2v) is 6.51. The van der Waals surface area contributed by atoms with E-state index in [0.717, 1.165) is 6.08 Å². The molecule has 112 valence electrons. The number of rotatable bonds is 8. The Balaban J connectivity index is 4.59. The highest BCUT2D eigenvalue weighted by Crippen LogP contribution is 2.17. The van der Waals surface area contributed by atoms with Crippen LogP contribution in [0.5, 0.6) is 0 Å². The summed E-state index contributed by atoms with van der Waals surface area (Å²) in [7, 11) is -1.17. The van der Waals surface area contributed by atoms with Gasteiger partial charge in [-0.2, -0.15) is 8.42 Å². The molecule has 2 unspecified atom stereocenters. The molecule has 8 heteroatoms. The minimum Gasteiger partial charge on any atom is -0.386 e. The van der Waals surface area contributed by atoms with Crippen LogP contribution in [-0.2, 0) is 14.9 Å². The van der Waals surface area contributed by atoms with Crippen molar-refractivity contribution in [2.75, 3.05) is 27.2 Å². The number of quaternary nitrogens is 1. The molecule has 0 aromatic rings. The van der Waals surface area contributed by atoms with E-state index in [1.54, 1.807) is 14.1 Å². The van der Waals surface area contributed by atoms with Crippen molar-refractivity contribution >= 4 is 16.0 Å². The molecule has 0 aromatic carbocycles. The van der Waals surface area contributed by atoms with Gasteiger partial charge in [-0.25, -0.2) is 0 Å². The first kappa shape index (κ1) is 18.0. The highest BCUT2D eigenvalue weighted by atomic mass is 32.2. The molecule has 0 heterocycles. The van der Waals surface area contributed by atoms with Gasteiger partial charge >= 0.3 is 10.1 Å². The summed E-state index contributed by atoms with van der Waals surface area (Å²) >= 11 is 0. The largest absolute Gasteiger partial charge is 0.386 e. The molecule has 0 aliphatic rings. The van der Waals surface area contributed by atoms with Gasteiger partial charge < -0.3 is 14.9 Å². The zero-order valence-corrected chi connectivity index (χ0v) is 12.4. The molecule has 0 rings (SSSR count). The third-order valence-corrected chi connectivity index (χ3v) is 4.38. The van der Waals surface area contributed by atoms with E-state index in [-0.39, 0.29) is 10.4 Å². The predicted molar refractivity (Wildman–Crippen MR) is 71.8 cm³/mol. The van der Waals surface area contributed by atoms with E-state index in [2.05, 4.69) is 11.9 Å². The van der Waals surface area contributed by atoms with Gasteiger partial charge in [0.2, 0.25) is 11.3 Å². The molecule has 0 saturated heterocycles. The molecule has 0 aliphatic heterocycles. The van der Waals surface area contributed by atoms with E-state index in [0.29, 0.717) is 19.5 Å². The van der Waals surface area contributed by atoms with Crippen molar-refractivity contribution in [1.82, 2.24) is 5.32 Å². The topological polar surface area (TPSA) is 104 Å². The first-order valence-corrected chi connectivity index (χ1v) is 7.40. The van der Waals surface area contributed by atoms with Gasteiger partial charge in [0, 0.05) is 13.0 Å². The fraction of sp³-hybridized carbons (Fsp3) is 0.727. The summed E-state index contributed by atoms with van der Waals surface area (Å²) < 4.78 is 31.7. The lowest BCUT2D eigenvalue weighted by Crippen LogP contribution is -2.58. The van der Waals surface area contributed by atoms with Crippen LogP contribution in [0, 0.1) is 0 Å². The van der Waals surface area contributed by atoms with Crippen LogP contribution in [0.25, 0.3) is 0 Å². The lowest BCUT2D eigenvalue weighted by Gasteiger charge is -2.37. The molecule has 0 aromatic heterocycles. The van der Waals surface area contributed by atoms with Crippen LogP contribution < -0.4 is 5.32 Å². The summed E-state index contributed by atoms with van der Waals surface area (Å²) in [4.78, 5) is 10.9. The number of hydrogen-bond acceptors (Lipinski definition) is 4. The number of aliphatic hydroxyl groups is 1. The summed E-state index contributed by atoms with van der Waals surface area (Å²) in [5.41, 5.74) is 0. The van der Waals surface area contributed by atoms with Gasteiger partial charge in [-0.15, -0.1) is 0 Å². The molecule has 7 nitrogen and oxygen atoms in total. The lowest BCUT2D eigenvalue weighted by atomic mass is 10.3. The van der Waals surface area contributed by atoms with Gasteiger partial charge in [0.1, 0.15) is 6.10 Å². The van der Waals surface area contributed by atoms with Gasteiger partial charge in [0.05, 0.1) is 20.6 Å². The number of hydrogen-bond donors (Lipinski definition) is 3. The molecule has 3 N–H and O–H groups in total. The minimum atomic E-state index is -4.36. The average Bonchev–Trinajstić information content (AvgIpc) is 2.20. The fourth-order valence-electron chi connectivity index (χ4n) is 2.09. The maximum Gasteiger partial charge on any atom is 0.322 e. The number of likely N-dealkylation sites (N-methyl/N-ethyl adjacent to an activating group) is 1. The van der Waals surface area contributed by atoms with Crippen molar-refractivity contribution in [3.63, 3.8) is 0 Å². The Morgan fingerprint density at radius 2 is 2.00 bits per heavy atom. The van der Waals surface area contributed by atoms with Crippen molar-refractivity contribution in [2.45, 2.75) is 24.8 Å². The first-order valence-electron chi connectivity index (χ1n) is 5.89. The number of carbonyl (C=O) groups is 1. The SMILES string of the molecule is C=CC(=O)NCCC[N+](C)(C)C(C(C)O)S(=O)(=O)O. The van der Waals surface area contributed by atoms with Gasteiger partial charge in [0.15, 0.2) is 0 Å². The highest BCUT2D eigenvalue weighted by molar-refractivity contribution is 7.86. The van der Waals surface area contributed by atoms with Gasteiger partial charge in [0.25, 0.3) is 0 Å². The van der Waals surface area contributed by atoms with Gasteiger partial charge in [-0.05, 0) is 13.0 Å². The zero-order chi connectivity index (χ0) is 15.3. The van der Waals surface area contributed by atoms with Crippen LogP contribution >= 0.6 is 0 Å². The van der Waals surface area contributed by atoms with Crippen LogP contribution in [0.15, 0.2) is 12.7 Å². The first-order chi connectivity index (χ1) is 8.52. The minimum absolute atomic E-state index is 0.0968. The lowest BCUT2D eigenvalue weighted by molar-refractivity contribution is -0.904. The third kappa shape index (κ3) is 6.15. The van der Waals surface area contributed by atoms with Gasteiger partial charge in [-0.1, -0.05) is 6.58 Å². The molecular formula is C11H23N2O5S+. The van der Waals surface area contributed by atoms with Crippen LogP contribution in [0.3, 0.4) is 0 Å². The smallest absolute Gasteiger partial charge is 0.322 e. The van der Waals surface area contributed by atoms with Crippen LogP contribution in [0.4, 0.5) is 0 Å². The molecular weight excluding hydrogens is 272 g/mol. The van der Waals surface area contributed by atoms with Crippen molar-refractivity contribution in [1.29, 1.82) is 0 Å². The summed E-state index contributed by atoms with van der Waals surface area (Å²) in [6, 6.07) is 0. The van der Waals surface area contributed by atoms with E-state index in [4.69, 9.17) is 0 Å². The fourth-order valence-corrected chi connectivity index (χ4v) is 3.42. The second-order valence-electron chi connectivity index (χ2n) is 5.00. The van der Waals surface area contributed by atoms with E-state index in [9.17, 15) is 22.9 Å². The quantitative estimate of drug-likeness (QED) is 0.239. The Hall–Kier alpha value is -0.960. The van der Waals surface area contributed by atoms with E-state index < -0.39 is 21.6 Å². The number of amides is 1. The van der Waals surface area contributed by atoms with Crippen LogP contribution in [0.1, 0.15) is 13.3 Å². The standard InChI is InChI=1S/C11H22N2O5S/c1-5-10(15)12-7-6-8-13(3,4)11(9(2)14)19(16,17)18/h5,9,11,14H,1,6-8H2,2-4H3,(H-,12,15,16,17,18)/p+1. The average molecular weight is 295 g/mol. The molecule has 19 heavy (non-hydrogen) atoms. The molecule has 0 saturated carbocycles. The maximum atomic E-state index is 11.3. The van der Waals surface area contributed by atoms with E-state index in [1.807, 2.05) is 0 Å². The van der Waals surface area contributed by atoms with Gasteiger partial charge in [-0.3, -0.25) is 9.35 Å². The molecule has 0 spiro atoms. The second kappa shape index (κ2) is 6.99. The molecule has 0 bridgehead atoms. The number of aliphatic hydroxyl groups excluding tert-OH is 1. The Labute approximate surface area is 114 Å². The zero-order valence-electron chi connectivity index (χ0n) is 11.5. The summed E-state index contributed by atoms with van der Waals surface area (Å²) in [6.07, 6.45) is 0.454. The van der Waals surface area contributed by atoms with Crippen LogP contribution in [-0.4, -0.2) is 67.1 Å². The van der Waals surface area contributed by atoms with Crippen molar-refractivity contribution in [2.24, 2.45) is 0 Å². The van der Waals surface area contributed by atoms with E-state index in [1.165, 1.54) is 6.92 Å². The molecule has 1 amide bonds. The molecule has 0 aliphatic carbocycles. The van der Waals surface area contributed by atoms with Crippen molar-refractivity contribution in [3.8, 4) is 0 Å². The molecule has 0 radical (unpaired) electrons. The van der Waals surface area contributed by atoms with Crippen LogP contribution in [0.2, 0.25) is 0 Å². The monoisotopic (exact) mass is 295 g/mol. The Morgan fingerprint density at radius 1 is 1.47 bits per heavy atom. The number of nitrogens with one attached hydrogen (secondary N) is 1. The Kier molecular flexibility index (Phi) is 6.64. The third-order valence-electron chi connectivity index (χ3n) is 2.80. The van der Waals surface area contributed by atoms with Crippen molar-refractivity contribution < 1.29 is 27.4 Å². The number of nitrogens with zero attached hydrogens (tertiary/aromatic N) is 1. The Morgan fingerprint density at radius 3 is 2.37 bits per heavy atom. The molecule has 0 fully saturated rings. The summed E-state index contributed by atoms with van der Waals surface area (Å²) in [5.74, 6) is -0.299. The van der Waals surface area contributed by atoms with Crippen molar-refractivity contribution in [3.05, 3.63) is 12.7 Å². The van der Waals surface area contributed by atoms with E-state index >= 15 is 0 Å². The molecule has 2 atom stereocenters. The summed E-state index contributed by atoms with van der Waals surface area (Å²) in [5, 5.41) is 10.8. The highest BCUT2D eigenvalue weighted by Gasteiger charge is 2.42.